The Bertz CT molecular complexity index is 1200. The number of aryl methyl sites for hydroxylation is 1. The fourth-order valence-corrected chi connectivity index (χ4v) is 4.77. The van der Waals surface area contributed by atoms with Crippen LogP contribution in [0.5, 0.6) is 0 Å². The van der Waals surface area contributed by atoms with Gasteiger partial charge in [-0.15, -0.1) is 0 Å². The second-order valence-electron chi connectivity index (χ2n) is 8.59. The van der Waals surface area contributed by atoms with E-state index >= 15 is 0 Å². The Morgan fingerprint density at radius 1 is 1.16 bits per heavy atom. The van der Waals surface area contributed by atoms with E-state index in [2.05, 4.69) is 5.32 Å². The lowest BCUT2D eigenvalue weighted by Crippen LogP contribution is -2.35. The summed E-state index contributed by atoms with van der Waals surface area (Å²) in [6.07, 6.45) is 1.53. The van der Waals surface area contributed by atoms with Crippen molar-refractivity contribution in [3.63, 3.8) is 0 Å². The number of rotatable bonds is 3. The van der Waals surface area contributed by atoms with E-state index in [1.54, 1.807) is 6.92 Å². The van der Waals surface area contributed by atoms with Crippen molar-refractivity contribution in [3.05, 3.63) is 52.7 Å². The van der Waals surface area contributed by atoms with Crippen LogP contribution in [0.3, 0.4) is 0 Å². The van der Waals surface area contributed by atoms with Crippen molar-refractivity contribution >= 4 is 28.6 Å². The first-order chi connectivity index (χ1) is 15.5. The van der Waals surface area contributed by atoms with Crippen molar-refractivity contribution in [1.29, 1.82) is 0 Å². The van der Waals surface area contributed by atoms with Crippen LogP contribution >= 0.6 is 0 Å². The second-order valence-corrected chi connectivity index (χ2v) is 8.59. The number of carbonyl (C=O) groups is 2. The van der Waals surface area contributed by atoms with Gasteiger partial charge in [0.25, 0.3) is 5.91 Å². The minimum absolute atomic E-state index is 0.0626. The zero-order chi connectivity index (χ0) is 22.4. The zero-order valence-electron chi connectivity index (χ0n) is 18.6. The Hall–Kier alpha value is -3.42. The molecule has 8 nitrogen and oxygen atoms in total. The van der Waals surface area contributed by atoms with E-state index in [0.717, 1.165) is 45.9 Å². The van der Waals surface area contributed by atoms with Crippen molar-refractivity contribution in [2.24, 2.45) is 0 Å². The predicted octanol–water partition coefficient (Wildman–Crippen LogP) is 3.11. The SMILES string of the molecule is CNc1nc([C@@H]2CCN(C(=O)c3oc4ccccc4c3C)C2)nc2c1CN(C(C)=O)CC2. The van der Waals surface area contributed by atoms with Gasteiger partial charge in [-0.25, -0.2) is 9.97 Å². The zero-order valence-corrected chi connectivity index (χ0v) is 18.6. The minimum atomic E-state index is -0.0786. The maximum absolute atomic E-state index is 13.2. The quantitative estimate of drug-likeness (QED) is 0.683. The third kappa shape index (κ3) is 3.39. The highest BCUT2D eigenvalue weighted by Gasteiger charge is 2.33. The van der Waals surface area contributed by atoms with E-state index in [-0.39, 0.29) is 17.7 Å². The first kappa shape index (κ1) is 20.5. The average molecular weight is 434 g/mol. The molecule has 0 saturated carbocycles. The van der Waals surface area contributed by atoms with Gasteiger partial charge in [-0.05, 0) is 19.4 Å². The number of aromatic nitrogens is 2. The molecule has 1 fully saturated rings. The van der Waals surface area contributed by atoms with Crippen LogP contribution in [0.2, 0.25) is 0 Å². The molecule has 3 aromatic rings. The van der Waals surface area contributed by atoms with Crippen LogP contribution in [0.4, 0.5) is 5.82 Å². The standard InChI is InChI=1S/C24H27N5O3/c1-14-17-6-4-5-7-20(17)32-21(14)24(31)29-10-8-16(12-29)22-26-19-9-11-28(15(2)30)13-18(19)23(25-3)27-22/h4-7,16H,8-13H2,1-3H3,(H,25,26,27)/t16-/m1/s1. The van der Waals surface area contributed by atoms with Gasteiger partial charge in [-0.3, -0.25) is 9.59 Å². The number of carbonyl (C=O) groups excluding carboxylic acids is 2. The summed E-state index contributed by atoms with van der Waals surface area (Å²) in [7, 11) is 1.84. The van der Waals surface area contributed by atoms with Gasteiger partial charge in [0.1, 0.15) is 17.2 Å². The number of amides is 2. The Labute approximate surface area is 186 Å². The number of benzene rings is 1. The summed E-state index contributed by atoms with van der Waals surface area (Å²) >= 11 is 0. The van der Waals surface area contributed by atoms with Crippen LogP contribution in [-0.4, -0.2) is 58.3 Å². The summed E-state index contributed by atoms with van der Waals surface area (Å²) in [5, 5.41) is 4.15. The van der Waals surface area contributed by atoms with Crippen molar-refractivity contribution in [3.8, 4) is 0 Å². The number of fused-ring (bicyclic) bond motifs is 2. The highest BCUT2D eigenvalue weighted by Crippen LogP contribution is 2.32. The Kier molecular flexibility index (Phi) is 5.07. The largest absolute Gasteiger partial charge is 0.451 e. The third-order valence-corrected chi connectivity index (χ3v) is 6.64. The molecule has 1 atom stereocenters. The molecule has 2 amide bonds. The summed E-state index contributed by atoms with van der Waals surface area (Å²) in [5.74, 6) is 2.01. The number of para-hydroxylation sites is 1. The summed E-state index contributed by atoms with van der Waals surface area (Å²) in [4.78, 5) is 38.3. The van der Waals surface area contributed by atoms with E-state index in [0.29, 0.717) is 38.4 Å². The molecule has 8 heteroatoms. The molecular weight excluding hydrogens is 406 g/mol. The molecule has 166 valence electrons. The lowest BCUT2D eigenvalue weighted by molar-refractivity contribution is -0.129. The number of nitrogens with zero attached hydrogens (tertiary/aromatic N) is 4. The molecule has 1 N–H and O–H groups in total. The van der Waals surface area contributed by atoms with Gasteiger partial charge >= 0.3 is 0 Å². The Morgan fingerprint density at radius 2 is 1.97 bits per heavy atom. The third-order valence-electron chi connectivity index (χ3n) is 6.64. The molecule has 1 saturated heterocycles. The summed E-state index contributed by atoms with van der Waals surface area (Å²) < 4.78 is 5.89. The number of anilines is 1. The highest BCUT2D eigenvalue weighted by molar-refractivity contribution is 5.99. The lowest BCUT2D eigenvalue weighted by Gasteiger charge is -2.29. The minimum Gasteiger partial charge on any atom is -0.451 e. The van der Waals surface area contributed by atoms with Gasteiger partial charge in [0.15, 0.2) is 5.76 Å². The van der Waals surface area contributed by atoms with Crippen molar-refractivity contribution in [1.82, 2.24) is 19.8 Å². The number of hydrogen-bond donors (Lipinski definition) is 1. The second kappa shape index (κ2) is 7.93. The van der Waals surface area contributed by atoms with E-state index in [1.165, 1.54) is 0 Å². The van der Waals surface area contributed by atoms with Crippen LogP contribution < -0.4 is 5.32 Å². The molecule has 0 aliphatic carbocycles. The van der Waals surface area contributed by atoms with Gasteiger partial charge in [-0.1, -0.05) is 18.2 Å². The van der Waals surface area contributed by atoms with Crippen LogP contribution in [0.25, 0.3) is 11.0 Å². The molecule has 32 heavy (non-hydrogen) atoms. The maximum Gasteiger partial charge on any atom is 0.289 e. The molecule has 0 bridgehead atoms. The molecular formula is C24H27N5O3. The highest BCUT2D eigenvalue weighted by atomic mass is 16.3. The molecule has 0 spiro atoms. The van der Waals surface area contributed by atoms with Gasteiger partial charge in [0.05, 0.1) is 12.2 Å². The van der Waals surface area contributed by atoms with Crippen LogP contribution in [0.15, 0.2) is 28.7 Å². The normalized spacial score (nSPS) is 18.2. The van der Waals surface area contributed by atoms with E-state index in [1.807, 2.05) is 48.0 Å². The molecule has 1 aromatic carbocycles. The number of furan rings is 1. The average Bonchev–Trinajstić information content (AvgIpc) is 3.43. The maximum atomic E-state index is 13.2. The van der Waals surface area contributed by atoms with Crippen molar-refractivity contribution in [2.45, 2.75) is 39.2 Å². The Balaban J connectivity index is 1.38. The monoisotopic (exact) mass is 433 g/mol. The van der Waals surface area contributed by atoms with Gasteiger partial charge in [0, 0.05) is 62.5 Å². The first-order valence-corrected chi connectivity index (χ1v) is 11.1. The molecule has 2 aromatic heterocycles. The Morgan fingerprint density at radius 3 is 2.72 bits per heavy atom. The van der Waals surface area contributed by atoms with E-state index in [9.17, 15) is 9.59 Å². The fraction of sp³-hybridized carbons (Fsp3) is 0.417. The van der Waals surface area contributed by atoms with E-state index < -0.39 is 0 Å². The van der Waals surface area contributed by atoms with Gasteiger partial charge in [-0.2, -0.15) is 0 Å². The molecule has 2 aliphatic heterocycles. The number of hydrogen-bond acceptors (Lipinski definition) is 6. The van der Waals surface area contributed by atoms with E-state index in [4.69, 9.17) is 14.4 Å². The molecule has 0 unspecified atom stereocenters. The molecule has 4 heterocycles. The smallest absolute Gasteiger partial charge is 0.289 e. The molecule has 5 rings (SSSR count). The van der Waals surface area contributed by atoms with Crippen molar-refractivity contribution < 1.29 is 14.0 Å². The first-order valence-electron chi connectivity index (χ1n) is 11.1. The predicted molar refractivity (Wildman–Crippen MR) is 121 cm³/mol. The summed E-state index contributed by atoms with van der Waals surface area (Å²) in [6, 6.07) is 7.73. The summed E-state index contributed by atoms with van der Waals surface area (Å²) in [5.41, 5.74) is 3.60. The summed E-state index contributed by atoms with van der Waals surface area (Å²) in [6.45, 7) is 5.93. The van der Waals surface area contributed by atoms with Crippen molar-refractivity contribution in [2.75, 3.05) is 32.0 Å². The topological polar surface area (TPSA) is 91.6 Å². The van der Waals surface area contributed by atoms with Gasteiger partial charge < -0.3 is 19.5 Å². The van der Waals surface area contributed by atoms with Crippen LogP contribution in [0, 0.1) is 6.92 Å². The lowest BCUT2D eigenvalue weighted by atomic mass is 10.0. The molecule has 2 aliphatic rings. The van der Waals surface area contributed by atoms with Crippen LogP contribution in [-0.2, 0) is 17.8 Å². The van der Waals surface area contributed by atoms with Crippen LogP contribution in [0.1, 0.15) is 52.5 Å². The molecule has 0 radical (unpaired) electrons. The number of likely N-dealkylation sites (tertiary alicyclic amines) is 1. The van der Waals surface area contributed by atoms with Gasteiger partial charge in [0.2, 0.25) is 5.91 Å². The fourth-order valence-electron chi connectivity index (χ4n) is 4.77. The number of nitrogens with one attached hydrogen (secondary N) is 1.